The Labute approximate surface area is 130 Å². The number of para-hydroxylation sites is 1. The van der Waals surface area contributed by atoms with Crippen LogP contribution in [0.25, 0.3) is 0 Å². The molecule has 0 bridgehead atoms. The monoisotopic (exact) mass is 297 g/mol. The van der Waals surface area contributed by atoms with Crippen molar-refractivity contribution in [3.05, 3.63) is 66.3 Å². The average molecular weight is 297 g/mol. The number of nitrogens with zero attached hydrogens (tertiary/aromatic N) is 1. The molecular weight excluding hydrogens is 278 g/mol. The third-order valence-electron chi connectivity index (χ3n) is 3.21. The van der Waals surface area contributed by atoms with Gasteiger partial charge < -0.3 is 4.74 Å². The summed E-state index contributed by atoms with van der Waals surface area (Å²) >= 11 is 0. The number of imide groups is 1. The summed E-state index contributed by atoms with van der Waals surface area (Å²) in [4.78, 5) is 25.0. The van der Waals surface area contributed by atoms with Gasteiger partial charge in [0.05, 0.1) is 12.3 Å². The summed E-state index contributed by atoms with van der Waals surface area (Å²) in [7, 11) is 0. The number of carbonyl (C=O) groups is 2. The van der Waals surface area contributed by atoms with E-state index in [0.717, 1.165) is 21.6 Å². The van der Waals surface area contributed by atoms with Gasteiger partial charge in [-0.3, -0.25) is 9.59 Å². The first-order valence-electron chi connectivity index (χ1n) is 6.98. The highest BCUT2D eigenvalue weighted by atomic mass is 16.5. The molecule has 1 aromatic rings. The molecule has 114 valence electrons. The molecule has 4 heteroatoms. The Kier molecular flexibility index (Phi) is 4.73. The molecule has 22 heavy (non-hydrogen) atoms. The highest BCUT2D eigenvalue weighted by molar-refractivity contribution is 6.28. The van der Waals surface area contributed by atoms with E-state index in [2.05, 4.69) is 13.2 Å². The molecular formula is C18H19NO3. The van der Waals surface area contributed by atoms with E-state index >= 15 is 0 Å². The van der Waals surface area contributed by atoms with Crippen molar-refractivity contribution in [2.45, 2.75) is 20.0 Å². The molecule has 0 fully saturated rings. The van der Waals surface area contributed by atoms with Gasteiger partial charge in [0.2, 0.25) is 0 Å². The lowest BCUT2D eigenvalue weighted by Gasteiger charge is -2.25. The predicted octanol–water partition coefficient (Wildman–Crippen LogP) is 3.33. The van der Waals surface area contributed by atoms with E-state index in [0.29, 0.717) is 12.3 Å². The van der Waals surface area contributed by atoms with Gasteiger partial charge in [-0.05, 0) is 25.5 Å². The molecule has 0 saturated carbocycles. The average Bonchev–Trinajstić information content (AvgIpc) is 2.78. The Bertz CT molecular complexity index is 655. The Morgan fingerprint density at radius 1 is 1.14 bits per heavy atom. The molecule has 0 aromatic heterocycles. The summed E-state index contributed by atoms with van der Waals surface area (Å²) in [6.07, 6.45) is 2.13. The van der Waals surface area contributed by atoms with Crippen molar-refractivity contribution in [1.82, 2.24) is 0 Å². The van der Waals surface area contributed by atoms with Gasteiger partial charge in [0.15, 0.2) is 0 Å². The third-order valence-corrected chi connectivity index (χ3v) is 3.21. The van der Waals surface area contributed by atoms with Crippen molar-refractivity contribution in [3.63, 3.8) is 0 Å². The Morgan fingerprint density at radius 3 is 2.27 bits per heavy atom. The second-order valence-electron chi connectivity index (χ2n) is 5.40. The number of ether oxygens (including phenoxy) is 1. The minimum atomic E-state index is -0.408. The van der Waals surface area contributed by atoms with Crippen LogP contribution in [0.1, 0.15) is 25.5 Å². The van der Waals surface area contributed by atoms with E-state index in [1.54, 1.807) is 12.1 Å². The quantitative estimate of drug-likeness (QED) is 0.597. The lowest BCUT2D eigenvalue weighted by atomic mass is 10.0. The lowest BCUT2D eigenvalue weighted by molar-refractivity contribution is -0.120. The molecule has 0 N–H and O–H groups in total. The van der Waals surface area contributed by atoms with Crippen LogP contribution in [-0.2, 0) is 14.3 Å². The zero-order valence-corrected chi connectivity index (χ0v) is 12.8. The highest BCUT2D eigenvalue weighted by Crippen LogP contribution is 2.34. The molecule has 0 radical (unpaired) electrons. The molecule has 0 spiro atoms. The molecule has 4 nitrogen and oxygen atoms in total. The molecule has 2 amide bonds. The first kappa shape index (κ1) is 15.9. The summed E-state index contributed by atoms with van der Waals surface area (Å²) < 4.78 is 5.85. The minimum Gasteiger partial charge on any atom is -0.365 e. The van der Waals surface area contributed by atoms with Gasteiger partial charge in [-0.25, -0.2) is 4.90 Å². The van der Waals surface area contributed by atoms with Crippen molar-refractivity contribution >= 4 is 17.5 Å². The van der Waals surface area contributed by atoms with E-state index in [4.69, 9.17) is 4.74 Å². The van der Waals surface area contributed by atoms with E-state index in [9.17, 15) is 9.59 Å². The van der Waals surface area contributed by atoms with Crippen LogP contribution in [0.4, 0.5) is 5.69 Å². The SMILES string of the molecule is C=C(C)COC(C(=C)C)c1ccccc1N1C(=O)C=CC1=O. The van der Waals surface area contributed by atoms with Crippen LogP contribution >= 0.6 is 0 Å². The molecule has 0 aliphatic carbocycles. The molecule has 1 atom stereocenters. The van der Waals surface area contributed by atoms with Crippen LogP contribution in [0.15, 0.2) is 60.7 Å². The fourth-order valence-corrected chi connectivity index (χ4v) is 2.27. The minimum absolute atomic E-state index is 0.349. The summed E-state index contributed by atoms with van der Waals surface area (Å²) in [5, 5.41) is 0. The van der Waals surface area contributed by atoms with Crippen LogP contribution in [0.5, 0.6) is 0 Å². The van der Waals surface area contributed by atoms with E-state index < -0.39 is 6.10 Å². The lowest BCUT2D eigenvalue weighted by Crippen LogP contribution is -2.31. The number of anilines is 1. The van der Waals surface area contributed by atoms with Gasteiger partial charge in [0, 0.05) is 17.7 Å². The van der Waals surface area contributed by atoms with Gasteiger partial charge in [0.1, 0.15) is 6.10 Å². The summed E-state index contributed by atoms with van der Waals surface area (Å²) in [6, 6.07) is 7.20. The van der Waals surface area contributed by atoms with Gasteiger partial charge in [-0.2, -0.15) is 0 Å². The maximum absolute atomic E-state index is 11.9. The number of hydrogen-bond acceptors (Lipinski definition) is 3. The van der Waals surface area contributed by atoms with Crippen molar-refractivity contribution < 1.29 is 14.3 Å². The maximum Gasteiger partial charge on any atom is 0.258 e. The van der Waals surface area contributed by atoms with Crippen molar-refractivity contribution in [2.75, 3.05) is 11.5 Å². The van der Waals surface area contributed by atoms with Crippen molar-refractivity contribution in [1.29, 1.82) is 0 Å². The smallest absolute Gasteiger partial charge is 0.258 e. The number of amides is 2. The van der Waals surface area contributed by atoms with Crippen LogP contribution in [-0.4, -0.2) is 18.4 Å². The molecule has 1 aliphatic rings. The molecule has 1 aromatic carbocycles. The van der Waals surface area contributed by atoms with Gasteiger partial charge in [0.25, 0.3) is 11.8 Å². The zero-order valence-electron chi connectivity index (χ0n) is 12.8. The topological polar surface area (TPSA) is 46.6 Å². The maximum atomic E-state index is 11.9. The molecule has 1 heterocycles. The van der Waals surface area contributed by atoms with Crippen LogP contribution < -0.4 is 4.90 Å². The molecule has 1 unspecified atom stereocenters. The second kappa shape index (κ2) is 6.54. The first-order chi connectivity index (χ1) is 10.4. The van der Waals surface area contributed by atoms with Crippen LogP contribution in [0.3, 0.4) is 0 Å². The largest absolute Gasteiger partial charge is 0.365 e. The van der Waals surface area contributed by atoms with Crippen molar-refractivity contribution in [3.8, 4) is 0 Å². The van der Waals surface area contributed by atoms with Crippen LogP contribution in [0, 0.1) is 0 Å². The fourth-order valence-electron chi connectivity index (χ4n) is 2.27. The van der Waals surface area contributed by atoms with Gasteiger partial charge in [-0.15, -0.1) is 0 Å². The summed E-state index contributed by atoms with van der Waals surface area (Å²) in [5.41, 5.74) is 2.94. The number of hydrogen-bond donors (Lipinski definition) is 0. The second-order valence-corrected chi connectivity index (χ2v) is 5.40. The number of carbonyl (C=O) groups excluding carboxylic acids is 2. The van der Waals surface area contributed by atoms with E-state index in [1.165, 1.54) is 12.2 Å². The first-order valence-corrected chi connectivity index (χ1v) is 6.98. The van der Waals surface area contributed by atoms with E-state index in [1.807, 2.05) is 26.0 Å². The molecule has 2 rings (SSSR count). The standard InChI is InChI=1S/C18H19NO3/c1-12(2)11-22-18(13(3)4)14-7-5-6-8-15(14)19-16(20)9-10-17(19)21/h5-10,18H,1,3,11H2,2,4H3. The summed E-state index contributed by atoms with van der Waals surface area (Å²) in [5.74, 6) is -0.698. The van der Waals surface area contributed by atoms with E-state index in [-0.39, 0.29) is 11.8 Å². The highest BCUT2D eigenvalue weighted by Gasteiger charge is 2.29. The summed E-state index contributed by atoms with van der Waals surface area (Å²) in [6.45, 7) is 11.9. The van der Waals surface area contributed by atoms with Gasteiger partial charge in [-0.1, -0.05) is 36.9 Å². The molecule has 1 aliphatic heterocycles. The fraction of sp³-hybridized carbons (Fsp3) is 0.222. The Morgan fingerprint density at radius 2 is 1.73 bits per heavy atom. The molecule has 0 saturated heterocycles. The Hall–Kier alpha value is -2.46. The third kappa shape index (κ3) is 3.23. The zero-order chi connectivity index (χ0) is 16.3. The van der Waals surface area contributed by atoms with Gasteiger partial charge >= 0.3 is 0 Å². The number of rotatable bonds is 6. The van der Waals surface area contributed by atoms with Crippen LogP contribution in [0.2, 0.25) is 0 Å². The van der Waals surface area contributed by atoms with Crippen molar-refractivity contribution in [2.24, 2.45) is 0 Å². The Balaban J connectivity index is 2.41. The normalized spacial score (nSPS) is 15.3. The number of benzene rings is 1. The predicted molar refractivity (Wildman–Crippen MR) is 86.4 cm³/mol.